The minimum Gasteiger partial charge on any atom is -0.488 e. The smallest absolute Gasteiger partial charge is 0.418 e. The van der Waals surface area contributed by atoms with Gasteiger partial charge in [-0.3, -0.25) is 19.7 Å². The van der Waals surface area contributed by atoms with Crippen LogP contribution in [0.1, 0.15) is 42.6 Å². The molecule has 3 aromatic rings. The van der Waals surface area contributed by atoms with Crippen molar-refractivity contribution in [2.45, 2.75) is 45.4 Å². The van der Waals surface area contributed by atoms with Crippen molar-refractivity contribution in [2.24, 2.45) is 0 Å². The molecule has 2 aliphatic heterocycles. The number of anilines is 2. The van der Waals surface area contributed by atoms with Crippen LogP contribution in [0.25, 0.3) is 0 Å². The number of fused-ring (bicyclic) bond motifs is 1. The number of rotatable bonds is 7. The van der Waals surface area contributed by atoms with Crippen LogP contribution < -0.4 is 19.7 Å². The van der Waals surface area contributed by atoms with E-state index in [0.717, 1.165) is 0 Å². The topological polar surface area (TPSA) is 114 Å². The van der Waals surface area contributed by atoms with Crippen molar-refractivity contribution in [3.63, 3.8) is 0 Å². The van der Waals surface area contributed by atoms with Gasteiger partial charge in [-0.25, -0.2) is 9.69 Å². The van der Waals surface area contributed by atoms with Crippen LogP contribution in [0.2, 0.25) is 0 Å². The van der Waals surface area contributed by atoms with Gasteiger partial charge in [0.15, 0.2) is 5.75 Å². The molecule has 206 valence electrons. The zero-order chi connectivity index (χ0) is 28.4. The maximum Gasteiger partial charge on any atom is 0.418 e. The number of nitrogens with zero attached hydrogens (tertiary/aromatic N) is 2. The summed E-state index contributed by atoms with van der Waals surface area (Å²) in [7, 11) is 1.27. The Kier molecular flexibility index (Phi) is 7.41. The number of para-hydroxylation sites is 1. The Morgan fingerprint density at radius 3 is 2.33 bits per heavy atom. The Morgan fingerprint density at radius 1 is 0.975 bits per heavy atom. The third-order valence-electron chi connectivity index (χ3n) is 6.65. The summed E-state index contributed by atoms with van der Waals surface area (Å²) in [5, 5.41) is 2.31. The van der Waals surface area contributed by atoms with Crippen molar-refractivity contribution in [3.05, 3.63) is 77.9 Å². The van der Waals surface area contributed by atoms with Crippen molar-refractivity contribution < 1.29 is 33.4 Å². The van der Waals surface area contributed by atoms with E-state index in [1.807, 2.05) is 44.2 Å². The Morgan fingerprint density at radius 2 is 1.68 bits per heavy atom. The highest BCUT2D eigenvalue weighted by Gasteiger charge is 2.42. The number of imide groups is 1. The lowest BCUT2D eigenvalue weighted by atomic mass is 10.0. The molecule has 1 N–H and O–H groups in total. The fourth-order valence-corrected chi connectivity index (χ4v) is 4.86. The molecule has 1 unspecified atom stereocenters. The van der Waals surface area contributed by atoms with Gasteiger partial charge in [-0.15, -0.1) is 0 Å². The molecule has 0 radical (unpaired) electrons. The summed E-state index contributed by atoms with van der Waals surface area (Å²) in [5.41, 5.74) is 1.71. The summed E-state index contributed by atoms with van der Waals surface area (Å²) in [6, 6.07) is 18.8. The Balaban J connectivity index is 1.52. The second-order valence-corrected chi connectivity index (χ2v) is 9.73. The summed E-state index contributed by atoms with van der Waals surface area (Å²) in [5.74, 6) is 0.192. The normalized spacial score (nSPS) is 16.4. The Bertz CT molecular complexity index is 1450. The van der Waals surface area contributed by atoms with Gasteiger partial charge in [0.05, 0.1) is 30.2 Å². The summed E-state index contributed by atoms with van der Waals surface area (Å²) in [4.78, 5) is 53.8. The molecule has 0 aliphatic carbocycles. The lowest BCUT2D eigenvalue weighted by molar-refractivity contribution is -0.136. The number of benzene rings is 3. The zero-order valence-electron chi connectivity index (χ0n) is 22.4. The molecule has 10 heteroatoms. The zero-order valence-corrected chi connectivity index (χ0v) is 22.4. The van der Waals surface area contributed by atoms with E-state index in [0.29, 0.717) is 28.4 Å². The van der Waals surface area contributed by atoms with Gasteiger partial charge in [-0.05, 0) is 68.3 Å². The fourth-order valence-electron chi connectivity index (χ4n) is 4.86. The maximum absolute atomic E-state index is 13.7. The third kappa shape index (κ3) is 5.20. The molecule has 0 bridgehead atoms. The highest BCUT2D eigenvalue weighted by molar-refractivity contribution is 6.09. The van der Waals surface area contributed by atoms with E-state index < -0.39 is 23.9 Å². The van der Waals surface area contributed by atoms with E-state index >= 15 is 0 Å². The Hall–Kier alpha value is -4.86. The van der Waals surface area contributed by atoms with Crippen LogP contribution in [0.15, 0.2) is 66.7 Å². The van der Waals surface area contributed by atoms with E-state index in [9.17, 15) is 19.2 Å². The molecule has 1 saturated heterocycles. The van der Waals surface area contributed by atoms with E-state index in [2.05, 4.69) is 5.32 Å². The van der Waals surface area contributed by atoms with Gasteiger partial charge in [0, 0.05) is 13.0 Å². The average Bonchev–Trinajstić information content (AvgIpc) is 3.27. The predicted octanol–water partition coefficient (Wildman–Crippen LogP) is 4.93. The van der Waals surface area contributed by atoms with Gasteiger partial charge in [-0.1, -0.05) is 24.3 Å². The molecule has 5 rings (SSSR count). The molecule has 2 aliphatic rings. The van der Waals surface area contributed by atoms with Crippen LogP contribution in [0, 0.1) is 0 Å². The predicted molar refractivity (Wildman–Crippen MR) is 146 cm³/mol. The first kappa shape index (κ1) is 26.7. The monoisotopic (exact) mass is 543 g/mol. The molecule has 4 amide bonds. The van der Waals surface area contributed by atoms with Crippen LogP contribution >= 0.6 is 0 Å². The van der Waals surface area contributed by atoms with E-state index in [4.69, 9.17) is 14.2 Å². The van der Waals surface area contributed by atoms with Crippen molar-refractivity contribution in [1.29, 1.82) is 0 Å². The molecular formula is C30H29N3O7. The van der Waals surface area contributed by atoms with E-state index in [-0.39, 0.29) is 42.7 Å². The summed E-state index contributed by atoms with van der Waals surface area (Å²) >= 11 is 0. The fraction of sp³-hybridized carbons (Fsp3) is 0.267. The number of amides is 4. The highest BCUT2D eigenvalue weighted by atomic mass is 16.5. The lowest BCUT2D eigenvalue weighted by Gasteiger charge is -2.29. The molecular weight excluding hydrogens is 514 g/mol. The molecule has 0 spiro atoms. The van der Waals surface area contributed by atoms with Gasteiger partial charge in [0.25, 0.3) is 5.91 Å². The summed E-state index contributed by atoms with van der Waals surface area (Å²) in [6.07, 6.45) is -0.623. The molecule has 0 saturated carbocycles. The number of piperidine rings is 1. The van der Waals surface area contributed by atoms with Gasteiger partial charge < -0.3 is 19.1 Å². The number of carbonyl (C=O) groups is 4. The lowest BCUT2D eigenvalue weighted by Crippen LogP contribution is -2.52. The molecule has 2 heterocycles. The SMILES string of the molecule is COC(=O)N(c1ccc(Oc2ccccc2)cc1)c1ccc2c(c1OC(C)C)C(=O)N(C1CCC(=O)NC1=O)C2. The first-order chi connectivity index (χ1) is 19.3. The first-order valence-electron chi connectivity index (χ1n) is 12.9. The second kappa shape index (κ2) is 11.1. The largest absolute Gasteiger partial charge is 0.488 e. The van der Waals surface area contributed by atoms with Crippen LogP contribution in [0.3, 0.4) is 0 Å². The van der Waals surface area contributed by atoms with Gasteiger partial charge in [0.1, 0.15) is 17.5 Å². The Labute approximate surface area is 231 Å². The van der Waals surface area contributed by atoms with Crippen molar-refractivity contribution in [3.8, 4) is 17.2 Å². The van der Waals surface area contributed by atoms with Crippen LogP contribution in [-0.2, 0) is 20.9 Å². The molecule has 3 aromatic carbocycles. The molecule has 0 aromatic heterocycles. The number of ether oxygens (including phenoxy) is 3. The van der Waals surface area contributed by atoms with E-state index in [1.165, 1.54) is 16.9 Å². The minimum atomic E-state index is -0.776. The second-order valence-electron chi connectivity index (χ2n) is 9.73. The number of nitrogens with one attached hydrogen (secondary N) is 1. The van der Waals surface area contributed by atoms with Gasteiger partial charge >= 0.3 is 6.09 Å². The first-order valence-corrected chi connectivity index (χ1v) is 12.9. The number of methoxy groups -OCH3 is 1. The van der Waals surface area contributed by atoms with Crippen molar-refractivity contribution >= 4 is 35.2 Å². The highest BCUT2D eigenvalue weighted by Crippen LogP contribution is 2.43. The maximum atomic E-state index is 13.7. The molecule has 40 heavy (non-hydrogen) atoms. The quantitative estimate of drug-likeness (QED) is 0.420. The van der Waals surface area contributed by atoms with Gasteiger partial charge in [0.2, 0.25) is 11.8 Å². The van der Waals surface area contributed by atoms with Gasteiger partial charge in [-0.2, -0.15) is 0 Å². The standard InChI is InChI=1S/C30H29N3O7/c1-18(2)39-27-23(14-9-19-17-32(29(36)26(19)27)24-15-16-25(34)31-28(24)35)33(30(37)38-3)20-10-12-22(13-11-20)40-21-7-5-4-6-8-21/h4-14,18,24H,15-17H2,1-3H3,(H,31,34,35). The van der Waals surface area contributed by atoms with Crippen molar-refractivity contribution in [2.75, 3.05) is 12.0 Å². The number of carbonyl (C=O) groups excluding carboxylic acids is 4. The van der Waals surface area contributed by atoms with Crippen LogP contribution in [-0.4, -0.2) is 48.0 Å². The third-order valence-corrected chi connectivity index (χ3v) is 6.65. The van der Waals surface area contributed by atoms with Crippen LogP contribution in [0.4, 0.5) is 16.2 Å². The minimum absolute atomic E-state index is 0.150. The summed E-state index contributed by atoms with van der Waals surface area (Å²) < 4.78 is 17.2. The average molecular weight is 544 g/mol. The molecule has 1 atom stereocenters. The number of hydrogen-bond donors (Lipinski definition) is 1. The summed E-state index contributed by atoms with van der Waals surface area (Å²) in [6.45, 7) is 3.82. The van der Waals surface area contributed by atoms with Crippen molar-refractivity contribution in [1.82, 2.24) is 10.2 Å². The number of hydrogen-bond acceptors (Lipinski definition) is 7. The molecule has 10 nitrogen and oxygen atoms in total. The van der Waals surface area contributed by atoms with E-state index in [1.54, 1.807) is 36.4 Å². The molecule has 1 fully saturated rings. The van der Waals surface area contributed by atoms with Crippen LogP contribution in [0.5, 0.6) is 17.2 Å².